The lowest BCUT2D eigenvalue weighted by Gasteiger charge is -2.10. The molecule has 0 bridgehead atoms. The fraction of sp³-hybridized carbons (Fsp3) is 0.200. The first kappa shape index (κ1) is 17.4. The van der Waals surface area contributed by atoms with E-state index in [9.17, 15) is 14.7 Å². The van der Waals surface area contributed by atoms with Gasteiger partial charge in [0.25, 0.3) is 0 Å². The number of aliphatic hydroxyl groups is 1. The number of aliphatic hydroxyl groups excluding tert-OH is 1. The van der Waals surface area contributed by atoms with Crippen molar-refractivity contribution in [2.45, 2.75) is 12.5 Å². The van der Waals surface area contributed by atoms with Gasteiger partial charge >= 0.3 is 11.9 Å². The zero-order valence-corrected chi connectivity index (χ0v) is 11.8. The first-order valence-electron chi connectivity index (χ1n) is 6.53. The highest BCUT2D eigenvalue weighted by molar-refractivity contribution is 5.89. The Morgan fingerprint density at radius 2 is 1.82 bits per heavy atom. The molecule has 1 aromatic heterocycles. The highest BCUT2D eigenvalue weighted by atomic mass is 16.4. The molecule has 7 heteroatoms. The number of nitrogens with one attached hydrogen (secondary N) is 1. The van der Waals surface area contributed by atoms with Crippen molar-refractivity contribution in [2.75, 3.05) is 6.54 Å². The van der Waals surface area contributed by atoms with Crippen LogP contribution in [0.4, 0.5) is 0 Å². The number of hydrogen-bond acceptors (Lipinski definition) is 4. The number of aromatic nitrogens is 1. The first-order chi connectivity index (χ1) is 10.5. The maximum Gasteiger partial charge on any atom is 0.328 e. The quantitative estimate of drug-likeness (QED) is 0.527. The van der Waals surface area contributed by atoms with Crippen LogP contribution in [0.2, 0.25) is 0 Å². The van der Waals surface area contributed by atoms with Crippen LogP contribution < -0.4 is 5.73 Å². The van der Waals surface area contributed by atoms with Gasteiger partial charge in [0.05, 0.1) is 6.10 Å². The topological polar surface area (TPSA) is 137 Å². The number of aromatic amines is 1. The molecule has 0 saturated heterocycles. The first-order valence-corrected chi connectivity index (χ1v) is 6.53. The summed E-state index contributed by atoms with van der Waals surface area (Å²) >= 11 is 0. The molecule has 2 aromatic rings. The van der Waals surface area contributed by atoms with Gasteiger partial charge in [-0.3, -0.25) is 0 Å². The van der Waals surface area contributed by atoms with Crippen molar-refractivity contribution in [1.82, 2.24) is 4.98 Å². The van der Waals surface area contributed by atoms with E-state index in [0.29, 0.717) is 25.1 Å². The lowest BCUT2D eigenvalue weighted by atomic mass is 10.0. The molecule has 0 spiro atoms. The van der Waals surface area contributed by atoms with E-state index in [1.165, 1.54) is 0 Å². The highest BCUT2D eigenvalue weighted by Crippen LogP contribution is 2.24. The fourth-order valence-electron chi connectivity index (χ4n) is 1.86. The van der Waals surface area contributed by atoms with Gasteiger partial charge in [-0.15, -0.1) is 0 Å². The van der Waals surface area contributed by atoms with Crippen molar-refractivity contribution in [1.29, 1.82) is 0 Å². The number of carbonyl (C=O) groups is 2. The molecule has 7 nitrogen and oxygen atoms in total. The van der Waals surface area contributed by atoms with Crippen molar-refractivity contribution in [3.05, 3.63) is 48.2 Å². The Kier molecular flexibility index (Phi) is 6.81. The van der Waals surface area contributed by atoms with Gasteiger partial charge in [0.1, 0.15) is 0 Å². The van der Waals surface area contributed by atoms with Crippen LogP contribution in [0.25, 0.3) is 10.9 Å². The van der Waals surface area contributed by atoms with Crippen LogP contribution in [0.5, 0.6) is 0 Å². The van der Waals surface area contributed by atoms with E-state index in [-0.39, 0.29) is 0 Å². The van der Waals surface area contributed by atoms with Crippen LogP contribution in [-0.4, -0.2) is 38.8 Å². The second-order valence-electron chi connectivity index (χ2n) is 4.39. The Hall–Kier alpha value is -2.64. The second kappa shape index (κ2) is 8.60. The standard InChI is InChI=1S/C11H14N2O.C4H4O4/c12-6-4-11(14)9-2-1-3-10-8(9)5-7-13-10;5-3(6)1-2-4(7)8/h1-3,5,7,11,13-14H,4,6,12H2;1-2H,(H,5,6)(H,7,8)/b;2-1+. The van der Waals surface area contributed by atoms with Gasteiger partial charge in [-0.05, 0) is 30.7 Å². The van der Waals surface area contributed by atoms with Crippen LogP contribution in [-0.2, 0) is 9.59 Å². The number of H-pyrrole nitrogens is 1. The minimum atomic E-state index is -1.26. The molecule has 0 aliphatic rings. The number of aliphatic carboxylic acids is 2. The van der Waals surface area contributed by atoms with Gasteiger partial charge in [0.15, 0.2) is 0 Å². The van der Waals surface area contributed by atoms with Crippen molar-refractivity contribution >= 4 is 22.8 Å². The minimum absolute atomic E-state index is 0.459. The summed E-state index contributed by atoms with van der Waals surface area (Å²) in [4.78, 5) is 22.2. The number of carboxylic acid groups (broad SMARTS) is 2. The summed E-state index contributed by atoms with van der Waals surface area (Å²) < 4.78 is 0. The van der Waals surface area contributed by atoms with Gasteiger partial charge in [-0.1, -0.05) is 12.1 Å². The monoisotopic (exact) mass is 306 g/mol. The Bertz CT molecular complexity index is 647. The zero-order valence-electron chi connectivity index (χ0n) is 11.8. The van der Waals surface area contributed by atoms with Gasteiger partial charge in [0, 0.05) is 29.3 Å². The number of benzene rings is 1. The summed E-state index contributed by atoms with van der Waals surface area (Å²) in [6.07, 6.45) is 3.14. The molecule has 22 heavy (non-hydrogen) atoms. The molecule has 0 fully saturated rings. The van der Waals surface area contributed by atoms with Crippen LogP contribution in [0.3, 0.4) is 0 Å². The molecular formula is C15H18N2O5. The summed E-state index contributed by atoms with van der Waals surface area (Å²) in [6.45, 7) is 0.502. The molecule has 0 radical (unpaired) electrons. The summed E-state index contributed by atoms with van der Waals surface area (Å²) in [7, 11) is 0. The lowest BCUT2D eigenvalue weighted by molar-refractivity contribution is -0.134. The maximum atomic E-state index is 9.84. The van der Waals surface area contributed by atoms with E-state index < -0.39 is 18.0 Å². The minimum Gasteiger partial charge on any atom is -0.478 e. The van der Waals surface area contributed by atoms with Crippen LogP contribution in [0.15, 0.2) is 42.6 Å². The smallest absolute Gasteiger partial charge is 0.328 e. The van der Waals surface area contributed by atoms with E-state index in [1.54, 1.807) is 0 Å². The van der Waals surface area contributed by atoms with Gasteiger partial charge < -0.3 is 26.0 Å². The third-order valence-electron chi connectivity index (χ3n) is 2.80. The van der Waals surface area contributed by atoms with E-state index in [0.717, 1.165) is 16.5 Å². The highest BCUT2D eigenvalue weighted by Gasteiger charge is 2.09. The molecule has 0 saturated carbocycles. The van der Waals surface area contributed by atoms with E-state index in [1.807, 2.05) is 30.5 Å². The lowest BCUT2D eigenvalue weighted by Crippen LogP contribution is -2.06. The number of carboxylic acids is 2. The Balaban J connectivity index is 0.000000261. The Morgan fingerprint density at radius 3 is 2.36 bits per heavy atom. The summed E-state index contributed by atoms with van der Waals surface area (Å²) in [5, 5.41) is 26.5. The number of fused-ring (bicyclic) bond motifs is 1. The third-order valence-corrected chi connectivity index (χ3v) is 2.80. The average molecular weight is 306 g/mol. The third kappa shape index (κ3) is 5.39. The van der Waals surface area contributed by atoms with Gasteiger partial charge in [-0.25, -0.2) is 9.59 Å². The number of rotatable bonds is 5. The number of hydrogen-bond donors (Lipinski definition) is 5. The van der Waals surface area contributed by atoms with Crippen molar-refractivity contribution in [3.63, 3.8) is 0 Å². The van der Waals surface area contributed by atoms with Crippen LogP contribution in [0.1, 0.15) is 18.1 Å². The van der Waals surface area contributed by atoms with Crippen molar-refractivity contribution in [2.24, 2.45) is 5.73 Å². The molecule has 1 heterocycles. The maximum absolute atomic E-state index is 9.84. The molecule has 1 atom stereocenters. The van der Waals surface area contributed by atoms with Crippen molar-refractivity contribution in [3.8, 4) is 0 Å². The van der Waals surface area contributed by atoms with Gasteiger partial charge in [0.2, 0.25) is 0 Å². The Labute approximate surface area is 126 Å². The zero-order chi connectivity index (χ0) is 16.5. The second-order valence-corrected chi connectivity index (χ2v) is 4.39. The molecule has 0 aliphatic heterocycles. The van der Waals surface area contributed by atoms with E-state index in [2.05, 4.69) is 4.98 Å². The van der Waals surface area contributed by atoms with Crippen molar-refractivity contribution < 1.29 is 24.9 Å². The molecule has 1 aromatic carbocycles. The fourth-order valence-corrected chi connectivity index (χ4v) is 1.86. The van der Waals surface area contributed by atoms with Crippen LogP contribution >= 0.6 is 0 Å². The van der Waals surface area contributed by atoms with Crippen LogP contribution in [0, 0.1) is 0 Å². The number of nitrogens with two attached hydrogens (primary N) is 1. The van der Waals surface area contributed by atoms with E-state index in [4.69, 9.17) is 15.9 Å². The molecule has 0 amide bonds. The molecule has 0 aliphatic carbocycles. The molecular weight excluding hydrogens is 288 g/mol. The predicted molar refractivity (Wildman–Crippen MR) is 81.3 cm³/mol. The summed E-state index contributed by atoms with van der Waals surface area (Å²) in [5.74, 6) is -2.51. The van der Waals surface area contributed by atoms with Gasteiger partial charge in [-0.2, -0.15) is 0 Å². The molecule has 2 rings (SSSR count). The predicted octanol–water partition coefficient (Wildman–Crippen LogP) is 1.26. The molecule has 118 valence electrons. The van der Waals surface area contributed by atoms with E-state index >= 15 is 0 Å². The largest absolute Gasteiger partial charge is 0.478 e. The average Bonchev–Trinajstić information content (AvgIpc) is 2.94. The molecule has 1 unspecified atom stereocenters. The molecule has 6 N–H and O–H groups in total. The summed E-state index contributed by atoms with van der Waals surface area (Å²) in [6, 6.07) is 7.85. The normalized spacial score (nSPS) is 11.9. The SMILES string of the molecule is NCCC(O)c1cccc2[nH]ccc12.O=C(O)/C=C/C(=O)O. The Morgan fingerprint density at radius 1 is 1.18 bits per heavy atom. The summed E-state index contributed by atoms with van der Waals surface area (Å²) in [5.41, 5.74) is 7.43.